The summed E-state index contributed by atoms with van der Waals surface area (Å²) in [6, 6.07) is -1.54. The quantitative estimate of drug-likeness (QED) is 0.232. The first-order valence-corrected chi connectivity index (χ1v) is 9.71. The molecule has 0 radical (unpaired) electrons. The second-order valence-corrected chi connectivity index (χ2v) is 7.49. The van der Waals surface area contributed by atoms with Gasteiger partial charge in [-0.1, -0.05) is 0 Å². The average molecular weight is 604 g/mol. The van der Waals surface area contributed by atoms with Gasteiger partial charge in [-0.2, -0.15) is 43.9 Å². The van der Waals surface area contributed by atoms with Crippen LogP contribution in [0.15, 0.2) is 18.2 Å². The Morgan fingerprint density at radius 3 is 1.15 bits per heavy atom. The summed E-state index contributed by atoms with van der Waals surface area (Å²) in [5.74, 6) is -23.9. The molecule has 218 valence electrons. The minimum atomic E-state index is -5.92. The molecule has 3 aromatic carbocycles. The fourth-order valence-corrected chi connectivity index (χ4v) is 3.19. The van der Waals surface area contributed by atoms with Crippen LogP contribution in [0.5, 0.6) is 23.0 Å². The Hall–Kier alpha value is -4.19. The maximum Gasteiger partial charge on any atom is 0.422 e. The lowest BCUT2D eigenvalue weighted by Crippen LogP contribution is -2.16. The predicted octanol–water partition coefficient (Wildman–Crippen LogP) is 8.33. The summed E-state index contributed by atoms with van der Waals surface area (Å²) in [6.45, 7) is 0. The molecule has 40 heavy (non-hydrogen) atoms. The molecule has 0 saturated heterocycles. The van der Waals surface area contributed by atoms with Gasteiger partial charge < -0.3 is 20.9 Å². The number of nitrogens with two attached hydrogens (primary N) is 2. The Bertz CT molecular complexity index is 1490. The maximum absolute atomic E-state index is 15.2. The lowest BCUT2D eigenvalue weighted by Gasteiger charge is -2.22. The first-order valence-electron chi connectivity index (χ1n) is 9.71. The normalized spacial score (nSPS) is 12.6. The number of alkyl halides is 9. The zero-order chi connectivity index (χ0) is 30.7. The number of hydrogen-bond donors (Lipinski definition) is 2. The smallest absolute Gasteiger partial charge is 0.422 e. The van der Waals surface area contributed by atoms with Crippen molar-refractivity contribution < 1.29 is 75.3 Å². The SMILES string of the molecule is Nc1c(F)cc(F)c(Oc2c(F)cc(C(F)(F)F)c(Oc3c(F)cc(F)c(N)c3C(F)(F)F)c2F)c1C(F)(F)F. The number of ether oxygens (including phenoxy) is 2. The van der Waals surface area contributed by atoms with Crippen LogP contribution in [0.25, 0.3) is 0 Å². The maximum atomic E-state index is 15.2. The monoisotopic (exact) mass is 604 g/mol. The van der Waals surface area contributed by atoms with Crippen molar-refractivity contribution in [3.05, 3.63) is 69.8 Å². The second-order valence-electron chi connectivity index (χ2n) is 7.49. The third-order valence-corrected chi connectivity index (χ3v) is 4.86. The van der Waals surface area contributed by atoms with E-state index in [2.05, 4.69) is 9.47 Å². The van der Waals surface area contributed by atoms with Gasteiger partial charge in [-0.15, -0.1) is 0 Å². The van der Waals surface area contributed by atoms with Crippen molar-refractivity contribution in [1.82, 2.24) is 0 Å². The van der Waals surface area contributed by atoms with E-state index in [9.17, 15) is 61.5 Å². The molecule has 4 nitrogen and oxygen atoms in total. The molecular weight excluding hydrogens is 597 g/mol. The van der Waals surface area contributed by atoms with Gasteiger partial charge in [-0.25, -0.2) is 22.0 Å². The van der Waals surface area contributed by atoms with Crippen molar-refractivity contribution in [3.8, 4) is 23.0 Å². The highest BCUT2D eigenvalue weighted by molar-refractivity contribution is 5.61. The van der Waals surface area contributed by atoms with Crippen LogP contribution >= 0.6 is 0 Å². The average Bonchev–Trinajstić information content (AvgIpc) is 2.77. The van der Waals surface area contributed by atoms with Gasteiger partial charge in [0.05, 0.1) is 11.4 Å². The van der Waals surface area contributed by atoms with E-state index in [0.717, 1.165) is 0 Å². The molecule has 0 aliphatic heterocycles. The fourth-order valence-electron chi connectivity index (χ4n) is 3.19. The third-order valence-electron chi connectivity index (χ3n) is 4.86. The second kappa shape index (κ2) is 9.77. The van der Waals surface area contributed by atoms with Crippen molar-refractivity contribution in [1.29, 1.82) is 0 Å². The number of rotatable bonds is 4. The van der Waals surface area contributed by atoms with Crippen LogP contribution in [0.1, 0.15) is 16.7 Å². The highest BCUT2D eigenvalue weighted by Gasteiger charge is 2.45. The summed E-state index contributed by atoms with van der Waals surface area (Å²) in [5.41, 5.74) is -1.80. The van der Waals surface area contributed by atoms with Crippen LogP contribution in [-0.4, -0.2) is 0 Å². The van der Waals surface area contributed by atoms with Crippen LogP contribution in [0, 0.1) is 34.9 Å². The van der Waals surface area contributed by atoms with Gasteiger partial charge in [0, 0.05) is 12.1 Å². The van der Waals surface area contributed by atoms with Crippen LogP contribution < -0.4 is 20.9 Å². The molecule has 0 unspecified atom stereocenters. The number of halogens is 15. The highest BCUT2D eigenvalue weighted by Crippen LogP contribution is 2.51. The molecule has 3 rings (SSSR count). The Labute approximate surface area is 210 Å². The Balaban J connectivity index is 2.37. The van der Waals surface area contributed by atoms with E-state index < -0.39 is 117 Å². The molecule has 3 aromatic rings. The fraction of sp³-hybridized carbons (Fsp3) is 0.143. The Morgan fingerprint density at radius 1 is 0.450 bits per heavy atom. The van der Waals surface area contributed by atoms with Crippen molar-refractivity contribution >= 4 is 11.4 Å². The molecule has 0 aliphatic rings. The zero-order valence-electron chi connectivity index (χ0n) is 18.4. The van der Waals surface area contributed by atoms with Crippen LogP contribution in [-0.2, 0) is 18.5 Å². The Kier molecular flexibility index (Phi) is 7.42. The van der Waals surface area contributed by atoms with Crippen molar-refractivity contribution in [2.45, 2.75) is 18.5 Å². The van der Waals surface area contributed by atoms with Gasteiger partial charge >= 0.3 is 18.5 Å². The van der Waals surface area contributed by atoms with E-state index in [1.807, 2.05) is 0 Å². The van der Waals surface area contributed by atoms with Crippen LogP contribution in [0.2, 0.25) is 0 Å². The van der Waals surface area contributed by atoms with Crippen molar-refractivity contribution in [2.75, 3.05) is 11.5 Å². The van der Waals surface area contributed by atoms with E-state index in [0.29, 0.717) is 0 Å². The van der Waals surface area contributed by atoms with Gasteiger partial charge in [0.1, 0.15) is 28.3 Å². The summed E-state index contributed by atoms with van der Waals surface area (Å²) >= 11 is 0. The van der Waals surface area contributed by atoms with Gasteiger partial charge in [-0.05, 0) is 6.07 Å². The van der Waals surface area contributed by atoms with Gasteiger partial charge in [0.25, 0.3) is 0 Å². The van der Waals surface area contributed by atoms with E-state index in [4.69, 9.17) is 11.5 Å². The molecule has 0 fully saturated rings. The molecule has 0 heterocycles. The number of benzene rings is 3. The first kappa shape index (κ1) is 30.4. The summed E-state index contributed by atoms with van der Waals surface area (Å²) in [5, 5.41) is 0. The summed E-state index contributed by atoms with van der Waals surface area (Å²) in [4.78, 5) is 0. The lowest BCUT2D eigenvalue weighted by molar-refractivity contribution is -0.140. The van der Waals surface area contributed by atoms with Crippen molar-refractivity contribution in [3.63, 3.8) is 0 Å². The topological polar surface area (TPSA) is 70.5 Å². The molecule has 0 atom stereocenters. The van der Waals surface area contributed by atoms with Crippen LogP contribution in [0.3, 0.4) is 0 Å². The van der Waals surface area contributed by atoms with Gasteiger partial charge in [0.15, 0.2) is 34.7 Å². The molecule has 0 bridgehead atoms. The minimum Gasteiger partial charge on any atom is -0.450 e. The molecule has 0 amide bonds. The Morgan fingerprint density at radius 2 is 0.800 bits per heavy atom. The van der Waals surface area contributed by atoms with E-state index in [1.54, 1.807) is 0 Å². The number of hydrogen-bond acceptors (Lipinski definition) is 4. The molecule has 0 aliphatic carbocycles. The minimum absolute atomic E-state index is 0.358. The molecule has 4 N–H and O–H groups in total. The van der Waals surface area contributed by atoms with Gasteiger partial charge in [0.2, 0.25) is 11.6 Å². The molecule has 0 saturated carbocycles. The molecular formula is C21H7F15N2O2. The largest absolute Gasteiger partial charge is 0.450 e. The molecule has 19 heteroatoms. The van der Waals surface area contributed by atoms with Crippen molar-refractivity contribution in [2.24, 2.45) is 0 Å². The molecule has 0 spiro atoms. The number of nitrogen functional groups attached to an aromatic ring is 2. The van der Waals surface area contributed by atoms with Crippen LogP contribution in [0.4, 0.5) is 77.2 Å². The zero-order valence-corrected chi connectivity index (χ0v) is 18.4. The first-order chi connectivity index (χ1) is 18.1. The summed E-state index contributed by atoms with van der Waals surface area (Å²) in [7, 11) is 0. The lowest BCUT2D eigenvalue weighted by atomic mass is 10.1. The van der Waals surface area contributed by atoms with Gasteiger partial charge in [-0.3, -0.25) is 0 Å². The highest BCUT2D eigenvalue weighted by atomic mass is 19.4. The van der Waals surface area contributed by atoms with E-state index in [-0.39, 0.29) is 6.07 Å². The standard InChI is InChI=1S/C21H7F15N2O2/c22-5-2-8(25)16(10(13(5)37)20(31,32)33)39-15-4(19(28,29)30)1-7(24)18(12(15)27)40-17-9(26)3-6(23)14(38)11(17)21(34,35)36/h1-3H,37-38H2. The predicted molar refractivity (Wildman–Crippen MR) is 103 cm³/mol. The summed E-state index contributed by atoms with van der Waals surface area (Å²) < 4.78 is 215. The summed E-state index contributed by atoms with van der Waals surface area (Å²) in [6.07, 6.45) is -17.6. The van der Waals surface area contributed by atoms with E-state index >= 15 is 4.39 Å². The molecule has 0 aromatic heterocycles. The third kappa shape index (κ3) is 5.44. The van der Waals surface area contributed by atoms with E-state index in [1.165, 1.54) is 0 Å². The number of anilines is 2.